The first-order valence-corrected chi connectivity index (χ1v) is 10.4. The number of nitrogens with zero attached hydrogens (tertiary/aromatic N) is 2. The lowest BCUT2D eigenvalue weighted by Gasteiger charge is -2.25. The Bertz CT molecular complexity index is 907. The van der Waals surface area contributed by atoms with E-state index in [0.29, 0.717) is 54.9 Å². The van der Waals surface area contributed by atoms with Gasteiger partial charge in [-0.3, -0.25) is 9.59 Å². The van der Waals surface area contributed by atoms with Gasteiger partial charge in [-0.15, -0.1) is 0 Å². The van der Waals surface area contributed by atoms with Crippen LogP contribution >= 0.6 is 11.6 Å². The normalized spacial score (nSPS) is 15.6. The van der Waals surface area contributed by atoms with E-state index in [1.165, 1.54) is 7.11 Å². The molecule has 1 fully saturated rings. The molecule has 1 unspecified atom stereocenters. The Kier molecular flexibility index (Phi) is 8.08. The summed E-state index contributed by atoms with van der Waals surface area (Å²) in [4.78, 5) is 31.7. The average Bonchev–Trinajstić information content (AvgIpc) is 3.28. The molecule has 2 aromatic rings. The average molecular weight is 448 g/mol. The van der Waals surface area contributed by atoms with Crippen molar-refractivity contribution in [3.05, 3.63) is 52.7 Å². The molecular formula is C22H26ClN3O5. The molecule has 1 N–H and O–H groups in total. The van der Waals surface area contributed by atoms with Crippen molar-refractivity contribution in [2.75, 3.05) is 34.0 Å². The van der Waals surface area contributed by atoms with E-state index in [1.54, 1.807) is 42.5 Å². The van der Waals surface area contributed by atoms with Gasteiger partial charge in [0.05, 0.1) is 19.3 Å². The molecule has 1 aromatic heterocycles. The van der Waals surface area contributed by atoms with Gasteiger partial charge >= 0.3 is 0 Å². The Hall–Kier alpha value is -2.84. The number of rotatable bonds is 9. The second-order valence-electron chi connectivity index (χ2n) is 7.06. The van der Waals surface area contributed by atoms with Gasteiger partial charge in [0.1, 0.15) is 18.4 Å². The molecule has 1 aliphatic rings. The van der Waals surface area contributed by atoms with Crippen LogP contribution in [0.2, 0.25) is 5.02 Å². The number of carbonyl (C=O) groups is 2. The van der Waals surface area contributed by atoms with Gasteiger partial charge in [0.25, 0.3) is 5.91 Å². The second kappa shape index (κ2) is 11.0. The van der Waals surface area contributed by atoms with Crippen LogP contribution in [-0.4, -0.2) is 61.7 Å². The number of hydrogen-bond acceptors (Lipinski definition) is 6. The van der Waals surface area contributed by atoms with Gasteiger partial charge < -0.3 is 24.4 Å². The zero-order valence-corrected chi connectivity index (χ0v) is 18.4. The van der Waals surface area contributed by atoms with E-state index in [1.807, 2.05) is 6.07 Å². The number of pyridine rings is 1. The van der Waals surface area contributed by atoms with Crippen molar-refractivity contribution >= 4 is 23.4 Å². The number of halogens is 1. The van der Waals surface area contributed by atoms with Crippen LogP contribution in [0.15, 0.2) is 36.5 Å². The molecule has 31 heavy (non-hydrogen) atoms. The van der Waals surface area contributed by atoms with Gasteiger partial charge in [-0.2, -0.15) is 0 Å². The molecule has 2 amide bonds. The number of hydrogen-bond donors (Lipinski definition) is 1. The van der Waals surface area contributed by atoms with Crippen LogP contribution in [0.5, 0.6) is 11.6 Å². The highest BCUT2D eigenvalue weighted by molar-refractivity contribution is 6.31. The van der Waals surface area contributed by atoms with Crippen LogP contribution in [0, 0.1) is 0 Å². The van der Waals surface area contributed by atoms with Crippen molar-refractivity contribution < 1.29 is 23.8 Å². The summed E-state index contributed by atoms with van der Waals surface area (Å²) in [6.45, 7) is 1.71. The van der Waals surface area contributed by atoms with Crippen molar-refractivity contribution in [3.8, 4) is 11.6 Å². The Morgan fingerprint density at radius 2 is 2.06 bits per heavy atom. The van der Waals surface area contributed by atoms with E-state index < -0.39 is 6.04 Å². The lowest BCUT2D eigenvalue weighted by molar-refractivity contribution is -0.125. The first kappa shape index (κ1) is 22.8. The van der Waals surface area contributed by atoms with Crippen molar-refractivity contribution in [2.45, 2.75) is 25.4 Å². The lowest BCUT2D eigenvalue weighted by Crippen LogP contribution is -2.45. The fourth-order valence-electron chi connectivity index (χ4n) is 3.42. The SMILES string of the molecule is COCCOc1ccc(CNC(=O)C2CCCN2C(=O)c2cc(Cl)ccc2OC)cn1. The molecule has 3 rings (SSSR count). The molecule has 2 heterocycles. The molecule has 0 aliphatic carbocycles. The van der Waals surface area contributed by atoms with E-state index in [9.17, 15) is 9.59 Å². The first-order valence-electron chi connectivity index (χ1n) is 10.0. The number of amides is 2. The maximum Gasteiger partial charge on any atom is 0.258 e. The maximum atomic E-state index is 13.1. The summed E-state index contributed by atoms with van der Waals surface area (Å²) in [5, 5.41) is 3.33. The fourth-order valence-corrected chi connectivity index (χ4v) is 3.59. The molecule has 9 heteroatoms. The molecule has 1 atom stereocenters. The summed E-state index contributed by atoms with van der Waals surface area (Å²) >= 11 is 6.06. The Balaban J connectivity index is 1.60. The standard InChI is InChI=1S/C22H26ClN3O5/c1-29-10-11-31-20-8-5-15(13-24-20)14-25-21(27)18-4-3-9-26(18)22(28)17-12-16(23)6-7-19(17)30-2/h5-8,12-13,18H,3-4,9-11,14H2,1-2H3,(H,25,27). The molecule has 8 nitrogen and oxygen atoms in total. The zero-order chi connectivity index (χ0) is 22.2. The monoisotopic (exact) mass is 447 g/mol. The summed E-state index contributed by atoms with van der Waals surface area (Å²) in [5.41, 5.74) is 1.18. The maximum absolute atomic E-state index is 13.1. The van der Waals surface area contributed by atoms with Crippen LogP contribution in [0.4, 0.5) is 0 Å². The third-order valence-corrected chi connectivity index (χ3v) is 5.25. The minimum absolute atomic E-state index is 0.202. The van der Waals surface area contributed by atoms with E-state index >= 15 is 0 Å². The lowest BCUT2D eigenvalue weighted by atomic mass is 10.1. The number of nitrogens with one attached hydrogen (secondary N) is 1. The third-order valence-electron chi connectivity index (χ3n) is 5.01. The van der Waals surface area contributed by atoms with Gasteiger partial charge in [-0.05, 0) is 36.6 Å². The predicted octanol–water partition coefficient (Wildman–Crippen LogP) is 2.69. The largest absolute Gasteiger partial charge is 0.496 e. The van der Waals surface area contributed by atoms with Crippen LogP contribution in [0.3, 0.4) is 0 Å². The van der Waals surface area contributed by atoms with Gasteiger partial charge in [0.15, 0.2) is 0 Å². The predicted molar refractivity (Wildman–Crippen MR) is 116 cm³/mol. The van der Waals surface area contributed by atoms with E-state index in [-0.39, 0.29) is 11.8 Å². The highest BCUT2D eigenvalue weighted by Gasteiger charge is 2.35. The number of methoxy groups -OCH3 is 2. The Morgan fingerprint density at radius 1 is 1.23 bits per heavy atom. The summed E-state index contributed by atoms with van der Waals surface area (Å²) < 4.78 is 15.7. The van der Waals surface area contributed by atoms with E-state index in [4.69, 9.17) is 25.8 Å². The minimum atomic E-state index is -0.541. The Morgan fingerprint density at radius 3 is 2.77 bits per heavy atom. The summed E-state index contributed by atoms with van der Waals surface area (Å²) in [5.74, 6) is 0.456. The van der Waals surface area contributed by atoms with Crippen LogP contribution in [0.25, 0.3) is 0 Å². The van der Waals surface area contributed by atoms with Crippen molar-refractivity contribution in [1.82, 2.24) is 15.2 Å². The van der Waals surface area contributed by atoms with E-state index in [2.05, 4.69) is 10.3 Å². The second-order valence-corrected chi connectivity index (χ2v) is 7.50. The zero-order valence-electron chi connectivity index (χ0n) is 17.6. The van der Waals surface area contributed by atoms with Crippen molar-refractivity contribution in [2.24, 2.45) is 0 Å². The molecular weight excluding hydrogens is 422 g/mol. The summed E-state index contributed by atoms with van der Waals surface area (Å²) in [6.07, 6.45) is 3.00. The molecule has 0 bridgehead atoms. The molecule has 0 spiro atoms. The van der Waals surface area contributed by atoms with Crippen LogP contribution < -0.4 is 14.8 Å². The molecule has 1 aromatic carbocycles. The van der Waals surface area contributed by atoms with Crippen molar-refractivity contribution in [1.29, 1.82) is 0 Å². The number of ether oxygens (including phenoxy) is 3. The van der Waals surface area contributed by atoms with E-state index in [0.717, 1.165) is 12.0 Å². The number of likely N-dealkylation sites (tertiary alicyclic amines) is 1. The summed E-state index contributed by atoms with van der Waals surface area (Å²) in [6, 6.07) is 7.92. The molecule has 166 valence electrons. The highest BCUT2D eigenvalue weighted by Crippen LogP contribution is 2.27. The number of carbonyl (C=O) groups excluding carboxylic acids is 2. The first-order chi connectivity index (χ1) is 15.0. The van der Waals surface area contributed by atoms with Gasteiger partial charge in [-0.1, -0.05) is 17.7 Å². The molecule has 0 radical (unpaired) electrons. The van der Waals surface area contributed by atoms with Gasteiger partial charge in [0.2, 0.25) is 11.8 Å². The molecule has 0 saturated carbocycles. The summed E-state index contributed by atoms with van der Waals surface area (Å²) in [7, 11) is 3.10. The number of benzene rings is 1. The van der Waals surface area contributed by atoms with Crippen LogP contribution in [0.1, 0.15) is 28.8 Å². The minimum Gasteiger partial charge on any atom is -0.496 e. The van der Waals surface area contributed by atoms with Gasteiger partial charge in [-0.25, -0.2) is 4.98 Å². The highest BCUT2D eigenvalue weighted by atomic mass is 35.5. The Labute approximate surface area is 186 Å². The van der Waals surface area contributed by atoms with Crippen LogP contribution in [-0.2, 0) is 16.1 Å². The third kappa shape index (κ3) is 5.86. The molecule has 1 aliphatic heterocycles. The smallest absolute Gasteiger partial charge is 0.258 e. The number of aromatic nitrogens is 1. The quantitative estimate of drug-likeness (QED) is 0.594. The van der Waals surface area contributed by atoms with Crippen molar-refractivity contribution in [3.63, 3.8) is 0 Å². The molecule has 1 saturated heterocycles. The topological polar surface area (TPSA) is 90.0 Å². The fraction of sp³-hybridized carbons (Fsp3) is 0.409. The van der Waals surface area contributed by atoms with Gasteiger partial charge in [0, 0.05) is 37.5 Å².